The summed E-state index contributed by atoms with van der Waals surface area (Å²) in [4.78, 5) is 0. The van der Waals surface area contributed by atoms with E-state index < -0.39 is 0 Å². The zero-order valence-corrected chi connectivity index (χ0v) is 10.4. The molecule has 0 spiro atoms. The Morgan fingerprint density at radius 3 is 2.61 bits per heavy atom. The summed E-state index contributed by atoms with van der Waals surface area (Å²) in [6, 6.07) is 16.5. The van der Waals surface area contributed by atoms with Crippen LogP contribution in [0, 0.1) is 0 Å². The van der Waals surface area contributed by atoms with Gasteiger partial charge in [0.1, 0.15) is 12.4 Å². The molecule has 1 aliphatic carbocycles. The van der Waals surface area contributed by atoms with Crippen LogP contribution in [-0.2, 0) is 11.3 Å². The van der Waals surface area contributed by atoms with Crippen LogP contribution in [0.1, 0.15) is 22.6 Å². The molecule has 1 unspecified atom stereocenters. The summed E-state index contributed by atoms with van der Waals surface area (Å²) in [5, 5.41) is 0. The molecule has 0 N–H and O–H groups in total. The van der Waals surface area contributed by atoms with Crippen LogP contribution in [-0.4, -0.2) is 13.7 Å². The molecule has 0 radical (unpaired) electrons. The molecule has 1 atom stereocenters. The molecule has 0 saturated carbocycles. The molecule has 0 fully saturated rings. The minimum atomic E-state index is 0.490. The van der Waals surface area contributed by atoms with E-state index in [1.807, 2.05) is 24.3 Å². The van der Waals surface area contributed by atoms with Crippen molar-refractivity contribution in [3.63, 3.8) is 0 Å². The lowest BCUT2D eigenvalue weighted by atomic mass is 10.2. The molecule has 92 valence electrons. The zero-order chi connectivity index (χ0) is 12.4. The fourth-order valence-corrected chi connectivity index (χ4v) is 2.25. The van der Waals surface area contributed by atoms with Crippen molar-refractivity contribution in [2.75, 3.05) is 13.7 Å². The van der Waals surface area contributed by atoms with Crippen LogP contribution in [0.2, 0.25) is 0 Å². The number of hydrogen-bond acceptors (Lipinski definition) is 2. The summed E-state index contributed by atoms with van der Waals surface area (Å²) in [5.74, 6) is 1.43. The fourth-order valence-electron chi connectivity index (χ4n) is 2.25. The molecule has 2 heteroatoms. The molecule has 18 heavy (non-hydrogen) atoms. The SMILES string of the molecule is COCC1c2ccc(OCc3ccccc3)cc21. The molecule has 2 nitrogen and oxygen atoms in total. The highest BCUT2D eigenvalue weighted by atomic mass is 16.5. The van der Waals surface area contributed by atoms with Gasteiger partial charge in [-0.05, 0) is 28.8 Å². The van der Waals surface area contributed by atoms with E-state index in [4.69, 9.17) is 9.47 Å². The first-order valence-corrected chi connectivity index (χ1v) is 6.18. The Morgan fingerprint density at radius 1 is 1.00 bits per heavy atom. The third-order valence-electron chi connectivity index (χ3n) is 3.31. The van der Waals surface area contributed by atoms with Crippen LogP contribution >= 0.6 is 0 Å². The van der Waals surface area contributed by atoms with Gasteiger partial charge in [0.05, 0.1) is 6.61 Å². The van der Waals surface area contributed by atoms with E-state index in [1.165, 1.54) is 16.7 Å². The first-order chi connectivity index (χ1) is 8.88. The van der Waals surface area contributed by atoms with Crippen LogP contribution in [0.25, 0.3) is 0 Å². The molecule has 0 aromatic heterocycles. The number of rotatable bonds is 5. The average molecular weight is 240 g/mol. The average Bonchev–Trinajstić information content (AvgIpc) is 3.11. The molecule has 3 rings (SSSR count). The third-order valence-corrected chi connectivity index (χ3v) is 3.31. The summed E-state index contributed by atoms with van der Waals surface area (Å²) in [6.45, 7) is 1.39. The lowest BCUT2D eigenvalue weighted by Gasteiger charge is -2.05. The van der Waals surface area contributed by atoms with Gasteiger partial charge in [-0.25, -0.2) is 0 Å². The summed E-state index contributed by atoms with van der Waals surface area (Å²) in [5.41, 5.74) is 3.95. The minimum absolute atomic E-state index is 0.490. The van der Waals surface area contributed by atoms with E-state index >= 15 is 0 Å². The van der Waals surface area contributed by atoms with Gasteiger partial charge in [0.2, 0.25) is 0 Å². The Balaban J connectivity index is 1.62. The molecular weight excluding hydrogens is 224 g/mol. The van der Waals surface area contributed by atoms with Gasteiger partial charge in [0, 0.05) is 13.0 Å². The second-order valence-electron chi connectivity index (χ2n) is 4.57. The highest BCUT2D eigenvalue weighted by Gasteiger charge is 2.32. The molecule has 1 aliphatic rings. The molecule has 0 bridgehead atoms. The molecule has 0 amide bonds. The fraction of sp³-hybridized carbons (Fsp3) is 0.250. The monoisotopic (exact) mass is 240 g/mol. The Hall–Kier alpha value is -1.80. The maximum atomic E-state index is 5.79. The van der Waals surface area contributed by atoms with Gasteiger partial charge in [-0.15, -0.1) is 0 Å². The lowest BCUT2D eigenvalue weighted by Crippen LogP contribution is -1.94. The molecule has 2 aromatic rings. The molecule has 0 heterocycles. The lowest BCUT2D eigenvalue weighted by molar-refractivity contribution is 0.199. The minimum Gasteiger partial charge on any atom is -0.489 e. The number of benzene rings is 2. The van der Waals surface area contributed by atoms with Gasteiger partial charge >= 0.3 is 0 Å². The standard InChI is InChI=1S/C16H16O2/c1-17-11-16-14-8-7-13(9-15(14)16)18-10-12-5-3-2-4-6-12/h2-9,16H,10-11H2,1H3. The Kier molecular flexibility index (Phi) is 3.03. The highest BCUT2D eigenvalue weighted by Crippen LogP contribution is 2.45. The topological polar surface area (TPSA) is 18.5 Å². The van der Waals surface area contributed by atoms with E-state index in [2.05, 4.69) is 24.3 Å². The van der Waals surface area contributed by atoms with Crippen LogP contribution in [0.15, 0.2) is 48.5 Å². The second kappa shape index (κ2) is 4.83. The quantitative estimate of drug-likeness (QED) is 0.798. The summed E-state index contributed by atoms with van der Waals surface area (Å²) in [7, 11) is 1.74. The van der Waals surface area contributed by atoms with Crippen LogP contribution < -0.4 is 4.74 Å². The second-order valence-corrected chi connectivity index (χ2v) is 4.57. The van der Waals surface area contributed by atoms with Crippen LogP contribution in [0.4, 0.5) is 0 Å². The number of fused-ring (bicyclic) bond motifs is 1. The Morgan fingerprint density at radius 2 is 1.83 bits per heavy atom. The van der Waals surface area contributed by atoms with Gasteiger partial charge in [0.15, 0.2) is 0 Å². The van der Waals surface area contributed by atoms with Crippen molar-refractivity contribution < 1.29 is 9.47 Å². The predicted octanol–water partition coefficient (Wildman–Crippen LogP) is 3.36. The molecule has 0 aliphatic heterocycles. The van der Waals surface area contributed by atoms with Gasteiger partial charge < -0.3 is 9.47 Å². The van der Waals surface area contributed by atoms with Gasteiger partial charge in [-0.2, -0.15) is 0 Å². The van der Waals surface area contributed by atoms with Gasteiger partial charge in [-0.1, -0.05) is 36.4 Å². The van der Waals surface area contributed by atoms with E-state index in [9.17, 15) is 0 Å². The van der Waals surface area contributed by atoms with E-state index in [0.717, 1.165) is 12.4 Å². The maximum absolute atomic E-state index is 5.79. The van der Waals surface area contributed by atoms with Gasteiger partial charge in [-0.3, -0.25) is 0 Å². The predicted molar refractivity (Wildman–Crippen MR) is 70.9 cm³/mol. The van der Waals surface area contributed by atoms with Crippen molar-refractivity contribution in [2.24, 2.45) is 0 Å². The summed E-state index contributed by atoms with van der Waals surface area (Å²) < 4.78 is 11.0. The van der Waals surface area contributed by atoms with Crippen molar-refractivity contribution in [3.05, 3.63) is 65.2 Å². The smallest absolute Gasteiger partial charge is 0.120 e. The number of ether oxygens (including phenoxy) is 2. The van der Waals surface area contributed by atoms with Crippen molar-refractivity contribution >= 4 is 0 Å². The molecule has 2 aromatic carbocycles. The molecular formula is C16H16O2. The first-order valence-electron chi connectivity index (χ1n) is 6.18. The maximum Gasteiger partial charge on any atom is 0.120 e. The molecule has 0 saturated heterocycles. The third kappa shape index (κ3) is 2.24. The van der Waals surface area contributed by atoms with E-state index in [0.29, 0.717) is 12.5 Å². The zero-order valence-electron chi connectivity index (χ0n) is 10.4. The Labute approximate surface area is 107 Å². The van der Waals surface area contributed by atoms with Crippen LogP contribution in [0.5, 0.6) is 5.75 Å². The van der Waals surface area contributed by atoms with Crippen LogP contribution in [0.3, 0.4) is 0 Å². The van der Waals surface area contributed by atoms with Crippen molar-refractivity contribution in [1.29, 1.82) is 0 Å². The Bertz CT molecular complexity index is 534. The summed E-state index contributed by atoms with van der Waals surface area (Å²) >= 11 is 0. The summed E-state index contributed by atoms with van der Waals surface area (Å²) in [6.07, 6.45) is 0. The number of hydrogen-bond donors (Lipinski definition) is 0. The normalized spacial score (nSPS) is 16.2. The highest BCUT2D eigenvalue weighted by molar-refractivity contribution is 5.55. The first kappa shape index (κ1) is 11.3. The van der Waals surface area contributed by atoms with E-state index in [-0.39, 0.29) is 0 Å². The van der Waals surface area contributed by atoms with Crippen molar-refractivity contribution in [3.8, 4) is 5.75 Å². The van der Waals surface area contributed by atoms with Crippen molar-refractivity contribution in [1.82, 2.24) is 0 Å². The largest absolute Gasteiger partial charge is 0.489 e. The van der Waals surface area contributed by atoms with Crippen molar-refractivity contribution in [2.45, 2.75) is 12.5 Å². The van der Waals surface area contributed by atoms with E-state index in [1.54, 1.807) is 7.11 Å². The number of methoxy groups -OCH3 is 1. The van der Waals surface area contributed by atoms with Gasteiger partial charge in [0.25, 0.3) is 0 Å².